The maximum absolute atomic E-state index is 13.1. The summed E-state index contributed by atoms with van der Waals surface area (Å²) in [4.78, 5) is 18.4. The summed E-state index contributed by atoms with van der Waals surface area (Å²) in [6.07, 6.45) is 3.58. The van der Waals surface area contributed by atoms with E-state index in [-0.39, 0.29) is 24.2 Å². The lowest BCUT2D eigenvalue weighted by Gasteiger charge is -2.35. The molecule has 0 aliphatic carbocycles. The maximum atomic E-state index is 13.1. The fourth-order valence-electron chi connectivity index (χ4n) is 3.01. The van der Waals surface area contributed by atoms with Crippen LogP contribution in [0.25, 0.3) is 22.2 Å². The third kappa shape index (κ3) is 2.85. The van der Waals surface area contributed by atoms with E-state index in [9.17, 15) is 9.18 Å². The number of nitrogens with zero attached hydrogens (tertiary/aromatic N) is 4. The van der Waals surface area contributed by atoms with Gasteiger partial charge in [-0.3, -0.25) is 9.78 Å². The Bertz CT molecular complexity index is 981. The number of benzene rings is 1. The molecule has 6 heteroatoms. The first kappa shape index (κ1) is 15.3. The highest BCUT2D eigenvalue weighted by atomic mass is 19.1. The molecule has 0 N–H and O–H groups in total. The van der Waals surface area contributed by atoms with Gasteiger partial charge in [0.05, 0.1) is 23.0 Å². The van der Waals surface area contributed by atoms with E-state index < -0.39 is 0 Å². The molecular weight excluding hydrogens is 319 g/mol. The van der Waals surface area contributed by atoms with Crippen LogP contribution in [0.3, 0.4) is 0 Å². The number of fused-ring (bicyclic) bond motifs is 1. The summed E-state index contributed by atoms with van der Waals surface area (Å²) in [6.45, 7) is 1.23. The standard InChI is InChI=1S/C19H15FN4O/c20-16-3-1-14(2-4-16)15-7-18-17(22-9-15)5-6-23(18)12-19(25)24-10-13(8-21)11-24/h1-7,9,13H,10-12H2. The molecule has 1 saturated heterocycles. The first-order valence-corrected chi connectivity index (χ1v) is 8.02. The van der Waals surface area contributed by atoms with E-state index >= 15 is 0 Å². The van der Waals surface area contributed by atoms with Gasteiger partial charge in [-0.05, 0) is 29.8 Å². The molecule has 4 rings (SSSR count). The summed E-state index contributed by atoms with van der Waals surface area (Å²) in [6, 6.07) is 12.2. The van der Waals surface area contributed by atoms with Crippen LogP contribution < -0.4 is 0 Å². The van der Waals surface area contributed by atoms with Gasteiger partial charge in [0.2, 0.25) is 5.91 Å². The first-order valence-electron chi connectivity index (χ1n) is 8.02. The summed E-state index contributed by atoms with van der Waals surface area (Å²) in [5.41, 5.74) is 3.40. The second-order valence-electron chi connectivity index (χ2n) is 6.20. The van der Waals surface area contributed by atoms with Crippen molar-refractivity contribution in [2.75, 3.05) is 13.1 Å². The topological polar surface area (TPSA) is 61.9 Å². The Kier molecular flexibility index (Phi) is 3.69. The van der Waals surface area contributed by atoms with Gasteiger partial charge in [-0.25, -0.2) is 4.39 Å². The van der Waals surface area contributed by atoms with Crippen LogP contribution in [0.15, 0.2) is 48.8 Å². The highest BCUT2D eigenvalue weighted by Crippen LogP contribution is 2.24. The number of pyridine rings is 1. The van der Waals surface area contributed by atoms with Crippen LogP contribution in [0, 0.1) is 23.1 Å². The Labute approximate surface area is 143 Å². The van der Waals surface area contributed by atoms with Gasteiger partial charge < -0.3 is 9.47 Å². The molecule has 1 amide bonds. The summed E-state index contributed by atoms with van der Waals surface area (Å²) in [7, 11) is 0. The van der Waals surface area contributed by atoms with E-state index in [1.54, 1.807) is 23.2 Å². The highest BCUT2D eigenvalue weighted by molar-refractivity contribution is 5.84. The molecule has 0 bridgehead atoms. The lowest BCUT2D eigenvalue weighted by Crippen LogP contribution is -2.50. The Morgan fingerprint density at radius 3 is 2.72 bits per heavy atom. The van der Waals surface area contributed by atoms with Gasteiger partial charge in [-0.2, -0.15) is 5.26 Å². The predicted octanol–water partition coefficient (Wildman–Crippen LogP) is 2.82. The largest absolute Gasteiger partial charge is 0.338 e. The summed E-state index contributed by atoms with van der Waals surface area (Å²) < 4.78 is 15.0. The highest BCUT2D eigenvalue weighted by Gasteiger charge is 2.30. The molecule has 1 fully saturated rings. The number of rotatable bonds is 3. The van der Waals surface area contributed by atoms with E-state index in [0.717, 1.165) is 22.2 Å². The number of aromatic nitrogens is 2. The molecular formula is C19H15FN4O. The molecule has 0 unspecified atom stereocenters. The first-order chi connectivity index (χ1) is 12.1. The van der Waals surface area contributed by atoms with Crippen molar-refractivity contribution < 1.29 is 9.18 Å². The number of amides is 1. The molecule has 3 heterocycles. The molecule has 0 spiro atoms. The van der Waals surface area contributed by atoms with Crippen LogP contribution in [0.4, 0.5) is 4.39 Å². The number of carbonyl (C=O) groups is 1. The summed E-state index contributed by atoms with van der Waals surface area (Å²) in [5, 5.41) is 8.81. The van der Waals surface area contributed by atoms with Crippen molar-refractivity contribution >= 4 is 16.9 Å². The van der Waals surface area contributed by atoms with Gasteiger partial charge in [-0.15, -0.1) is 0 Å². The molecule has 1 aliphatic heterocycles. The van der Waals surface area contributed by atoms with Crippen molar-refractivity contribution in [3.63, 3.8) is 0 Å². The Morgan fingerprint density at radius 2 is 2.00 bits per heavy atom. The zero-order valence-corrected chi connectivity index (χ0v) is 13.4. The molecule has 2 aromatic heterocycles. The minimum atomic E-state index is -0.281. The van der Waals surface area contributed by atoms with E-state index in [2.05, 4.69) is 11.1 Å². The van der Waals surface area contributed by atoms with E-state index in [4.69, 9.17) is 5.26 Å². The summed E-state index contributed by atoms with van der Waals surface area (Å²) >= 11 is 0. The fraction of sp³-hybridized carbons (Fsp3) is 0.211. The average Bonchev–Trinajstić information content (AvgIpc) is 2.97. The van der Waals surface area contributed by atoms with Gasteiger partial charge >= 0.3 is 0 Å². The van der Waals surface area contributed by atoms with Crippen LogP contribution in [0.1, 0.15) is 0 Å². The average molecular weight is 334 g/mol. The Balaban J connectivity index is 1.60. The number of hydrogen-bond donors (Lipinski definition) is 0. The third-order valence-corrected chi connectivity index (χ3v) is 4.52. The Hall–Kier alpha value is -3.20. The normalized spacial score (nSPS) is 14.3. The Morgan fingerprint density at radius 1 is 1.24 bits per heavy atom. The maximum Gasteiger partial charge on any atom is 0.242 e. The molecule has 124 valence electrons. The van der Waals surface area contributed by atoms with Gasteiger partial charge in [-0.1, -0.05) is 12.1 Å². The smallest absolute Gasteiger partial charge is 0.242 e. The SMILES string of the molecule is N#CC1CN(C(=O)Cn2ccc3ncc(-c4ccc(F)cc4)cc32)C1. The van der Waals surface area contributed by atoms with Gasteiger partial charge in [0.1, 0.15) is 12.4 Å². The summed E-state index contributed by atoms with van der Waals surface area (Å²) in [5.74, 6) is -0.328. The van der Waals surface area contributed by atoms with Crippen LogP contribution in [-0.2, 0) is 11.3 Å². The molecule has 1 aliphatic rings. The van der Waals surface area contributed by atoms with Gasteiger partial charge in [0, 0.05) is 31.0 Å². The minimum Gasteiger partial charge on any atom is -0.338 e. The van der Waals surface area contributed by atoms with Gasteiger partial charge in [0.25, 0.3) is 0 Å². The number of nitriles is 1. The second-order valence-corrected chi connectivity index (χ2v) is 6.20. The minimum absolute atomic E-state index is 0.00353. The van der Waals surface area contributed by atoms with Crippen LogP contribution in [-0.4, -0.2) is 33.4 Å². The lowest BCUT2D eigenvalue weighted by atomic mass is 10.0. The van der Waals surface area contributed by atoms with E-state index in [1.165, 1.54) is 12.1 Å². The third-order valence-electron chi connectivity index (χ3n) is 4.52. The zero-order chi connectivity index (χ0) is 17.4. The van der Waals surface area contributed by atoms with Crippen LogP contribution in [0.2, 0.25) is 0 Å². The second kappa shape index (κ2) is 6.02. The number of likely N-dealkylation sites (tertiary alicyclic amines) is 1. The molecule has 1 aromatic carbocycles. The monoisotopic (exact) mass is 334 g/mol. The number of halogens is 1. The van der Waals surface area contributed by atoms with Crippen LogP contribution in [0.5, 0.6) is 0 Å². The zero-order valence-electron chi connectivity index (χ0n) is 13.4. The van der Waals surface area contributed by atoms with Gasteiger partial charge in [0.15, 0.2) is 0 Å². The van der Waals surface area contributed by atoms with Crippen molar-refractivity contribution in [3.05, 3.63) is 54.6 Å². The molecule has 0 atom stereocenters. The molecule has 0 saturated carbocycles. The molecule has 25 heavy (non-hydrogen) atoms. The number of carbonyl (C=O) groups excluding carboxylic acids is 1. The molecule has 3 aromatic rings. The molecule has 0 radical (unpaired) electrons. The van der Waals surface area contributed by atoms with Crippen molar-refractivity contribution in [1.82, 2.24) is 14.5 Å². The van der Waals surface area contributed by atoms with E-state index in [1.807, 2.05) is 22.9 Å². The van der Waals surface area contributed by atoms with Crippen molar-refractivity contribution in [3.8, 4) is 17.2 Å². The van der Waals surface area contributed by atoms with Crippen molar-refractivity contribution in [2.24, 2.45) is 5.92 Å². The predicted molar refractivity (Wildman–Crippen MR) is 90.8 cm³/mol. The lowest BCUT2D eigenvalue weighted by molar-refractivity contribution is -0.136. The van der Waals surface area contributed by atoms with E-state index in [0.29, 0.717) is 13.1 Å². The fourth-order valence-corrected chi connectivity index (χ4v) is 3.01. The number of hydrogen-bond acceptors (Lipinski definition) is 3. The van der Waals surface area contributed by atoms with Crippen molar-refractivity contribution in [2.45, 2.75) is 6.54 Å². The van der Waals surface area contributed by atoms with Crippen molar-refractivity contribution in [1.29, 1.82) is 5.26 Å². The van der Waals surface area contributed by atoms with Crippen LogP contribution >= 0.6 is 0 Å². The quantitative estimate of drug-likeness (QED) is 0.740. The molecule has 5 nitrogen and oxygen atoms in total.